The fourth-order valence-corrected chi connectivity index (χ4v) is 1.98. The molecule has 0 aliphatic carbocycles. The summed E-state index contributed by atoms with van der Waals surface area (Å²) in [5.74, 6) is 0. The van der Waals surface area contributed by atoms with Crippen LogP contribution in [0.25, 0.3) is 0 Å². The fourth-order valence-electron chi connectivity index (χ4n) is 1.98. The van der Waals surface area contributed by atoms with Gasteiger partial charge in [-0.3, -0.25) is 14.9 Å². The van der Waals surface area contributed by atoms with E-state index < -0.39 is 0 Å². The second-order valence-corrected chi connectivity index (χ2v) is 4.56. The zero-order valence-electron chi connectivity index (χ0n) is 11.2. The van der Waals surface area contributed by atoms with Gasteiger partial charge in [0, 0.05) is 50.3 Å². The minimum absolute atomic E-state index is 0.489. The monoisotopic (exact) mass is 267 g/mol. The van der Waals surface area contributed by atoms with E-state index in [1.54, 1.807) is 18.5 Å². The molecular weight excluding hydrogens is 250 g/mol. The molecule has 0 spiro atoms. The lowest BCUT2D eigenvalue weighted by Crippen LogP contribution is -2.24. The molecule has 102 valence electrons. The van der Waals surface area contributed by atoms with Gasteiger partial charge in [0.2, 0.25) is 0 Å². The highest BCUT2D eigenvalue weighted by Gasteiger charge is 2.08. The third-order valence-electron chi connectivity index (χ3n) is 2.90. The van der Waals surface area contributed by atoms with Gasteiger partial charge in [0.1, 0.15) is 0 Å². The molecule has 2 aromatic heterocycles. The van der Waals surface area contributed by atoms with Crippen molar-refractivity contribution in [1.82, 2.24) is 14.9 Å². The first-order chi connectivity index (χ1) is 9.78. The highest BCUT2D eigenvalue weighted by Crippen LogP contribution is 2.10. The Morgan fingerprint density at radius 1 is 1.25 bits per heavy atom. The van der Waals surface area contributed by atoms with Crippen molar-refractivity contribution in [2.24, 2.45) is 0 Å². The van der Waals surface area contributed by atoms with Crippen LogP contribution >= 0.6 is 0 Å². The van der Waals surface area contributed by atoms with Crippen molar-refractivity contribution < 1.29 is 0 Å². The summed E-state index contributed by atoms with van der Waals surface area (Å²) >= 11 is 0. The summed E-state index contributed by atoms with van der Waals surface area (Å²) in [6.07, 6.45) is 5.79. The Hall–Kier alpha value is -2.45. The van der Waals surface area contributed by atoms with Gasteiger partial charge in [0.15, 0.2) is 0 Å². The van der Waals surface area contributed by atoms with Crippen LogP contribution in [-0.4, -0.2) is 21.4 Å². The van der Waals surface area contributed by atoms with Crippen molar-refractivity contribution in [1.29, 1.82) is 5.26 Å². The Morgan fingerprint density at radius 2 is 2.15 bits per heavy atom. The van der Waals surface area contributed by atoms with Gasteiger partial charge in [0.25, 0.3) is 0 Å². The molecule has 2 N–H and O–H groups in total. The van der Waals surface area contributed by atoms with Crippen LogP contribution < -0.4 is 5.73 Å². The molecule has 0 radical (unpaired) electrons. The van der Waals surface area contributed by atoms with Crippen LogP contribution in [0.5, 0.6) is 0 Å². The smallest absolute Gasteiger partial charge is 0.0635 e. The van der Waals surface area contributed by atoms with E-state index >= 15 is 0 Å². The van der Waals surface area contributed by atoms with E-state index in [9.17, 15) is 0 Å². The van der Waals surface area contributed by atoms with E-state index in [1.165, 1.54) is 0 Å². The predicted molar refractivity (Wildman–Crippen MR) is 77.2 cm³/mol. The van der Waals surface area contributed by atoms with Crippen molar-refractivity contribution in [3.05, 3.63) is 54.1 Å². The average molecular weight is 267 g/mol. The highest BCUT2D eigenvalue weighted by atomic mass is 15.1. The molecule has 2 heterocycles. The van der Waals surface area contributed by atoms with Crippen molar-refractivity contribution >= 4 is 5.69 Å². The maximum Gasteiger partial charge on any atom is 0.0635 e. The van der Waals surface area contributed by atoms with Gasteiger partial charge < -0.3 is 5.73 Å². The molecular formula is C15H17N5. The van der Waals surface area contributed by atoms with Crippen molar-refractivity contribution in [3.63, 3.8) is 0 Å². The average Bonchev–Trinajstić information content (AvgIpc) is 2.46. The molecule has 2 aromatic rings. The van der Waals surface area contributed by atoms with Crippen LogP contribution in [0, 0.1) is 11.3 Å². The zero-order chi connectivity index (χ0) is 14.2. The van der Waals surface area contributed by atoms with E-state index in [4.69, 9.17) is 11.0 Å². The number of pyridine rings is 2. The lowest BCUT2D eigenvalue weighted by Gasteiger charge is -2.20. The lowest BCUT2D eigenvalue weighted by molar-refractivity contribution is 0.259. The molecule has 2 rings (SSSR count). The molecule has 0 saturated heterocycles. The molecule has 5 heteroatoms. The second-order valence-electron chi connectivity index (χ2n) is 4.56. The SMILES string of the molecule is N#CCCN(Cc1cccnc1)Cc1cc(N)ccn1. The molecule has 0 amide bonds. The minimum Gasteiger partial charge on any atom is -0.399 e. The van der Waals surface area contributed by atoms with E-state index in [2.05, 4.69) is 20.9 Å². The molecule has 0 atom stereocenters. The summed E-state index contributed by atoms with van der Waals surface area (Å²) < 4.78 is 0. The Morgan fingerprint density at radius 3 is 2.85 bits per heavy atom. The molecule has 20 heavy (non-hydrogen) atoms. The molecule has 0 fully saturated rings. The first-order valence-electron chi connectivity index (χ1n) is 6.46. The van der Waals surface area contributed by atoms with Gasteiger partial charge >= 0.3 is 0 Å². The standard InChI is InChI=1S/C15H17N5/c16-5-2-8-20(11-13-3-1-6-18-10-13)12-15-9-14(17)4-7-19-15/h1,3-4,6-7,9-10H,2,8,11-12H2,(H2,17,19). The van der Waals surface area contributed by atoms with Gasteiger partial charge in [0.05, 0.1) is 11.8 Å². The third-order valence-corrected chi connectivity index (χ3v) is 2.90. The zero-order valence-corrected chi connectivity index (χ0v) is 11.2. The van der Waals surface area contributed by atoms with Crippen LogP contribution in [-0.2, 0) is 13.1 Å². The number of aromatic nitrogens is 2. The van der Waals surface area contributed by atoms with Gasteiger partial charge in [-0.2, -0.15) is 5.26 Å². The maximum atomic E-state index is 8.77. The molecule has 5 nitrogen and oxygen atoms in total. The summed E-state index contributed by atoms with van der Waals surface area (Å²) in [7, 11) is 0. The van der Waals surface area contributed by atoms with Crippen LogP contribution in [0.1, 0.15) is 17.7 Å². The highest BCUT2D eigenvalue weighted by molar-refractivity contribution is 5.37. The number of nitrogens with zero attached hydrogens (tertiary/aromatic N) is 4. The summed E-state index contributed by atoms with van der Waals surface area (Å²) in [6, 6.07) is 9.75. The Kier molecular flexibility index (Phi) is 5.04. The normalized spacial score (nSPS) is 10.4. The summed E-state index contributed by atoms with van der Waals surface area (Å²) in [4.78, 5) is 10.6. The quantitative estimate of drug-likeness (QED) is 0.865. The molecule has 0 bridgehead atoms. The molecule has 0 aliphatic rings. The lowest BCUT2D eigenvalue weighted by atomic mass is 10.2. The topological polar surface area (TPSA) is 78.8 Å². The number of hydrogen-bond acceptors (Lipinski definition) is 5. The first-order valence-corrected chi connectivity index (χ1v) is 6.46. The second kappa shape index (κ2) is 7.22. The number of hydrogen-bond donors (Lipinski definition) is 1. The van der Waals surface area contributed by atoms with E-state index in [-0.39, 0.29) is 0 Å². The van der Waals surface area contributed by atoms with Crippen molar-refractivity contribution in [2.75, 3.05) is 12.3 Å². The van der Waals surface area contributed by atoms with Crippen molar-refractivity contribution in [2.45, 2.75) is 19.5 Å². The maximum absolute atomic E-state index is 8.77. The summed E-state index contributed by atoms with van der Waals surface area (Å²) in [5, 5.41) is 8.77. The van der Waals surface area contributed by atoms with Gasteiger partial charge in [-0.15, -0.1) is 0 Å². The molecule has 0 aliphatic heterocycles. The van der Waals surface area contributed by atoms with Crippen molar-refractivity contribution in [3.8, 4) is 6.07 Å². The van der Waals surface area contributed by atoms with Crippen LogP contribution in [0.4, 0.5) is 5.69 Å². The number of anilines is 1. The van der Waals surface area contributed by atoms with Gasteiger partial charge in [-0.05, 0) is 23.8 Å². The van der Waals surface area contributed by atoms with Gasteiger partial charge in [-0.1, -0.05) is 6.07 Å². The Labute approximate surface area is 118 Å². The number of nitrogens with two attached hydrogens (primary N) is 1. The van der Waals surface area contributed by atoms with Crippen LogP contribution in [0.15, 0.2) is 42.9 Å². The largest absolute Gasteiger partial charge is 0.399 e. The number of nitrogen functional groups attached to an aromatic ring is 1. The van der Waals surface area contributed by atoms with E-state index in [1.807, 2.05) is 24.4 Å². The summed E-state index contributed by atoms with van der Waals surface area (Å²) in [5.41, 5.74) is 8.50. The van der Waals surface area contributed by atoms with Gasteiger partial charge in [-0.25, -0.2) is 0 Å². The number of rotatable bonds is 6. The van der Waals surface area contributed by atoms with E-state index in [0.29, 0.717) is 25.2 Å². The number of nitriles is 1. The molecule has 0 aromatic carbocycles. The van der Waals surface area contributed by atoms with Crippen LogP contribution in [0.2, 0.25) is 0 Å². The molecule has 0 unspecified atom stereocenters. The third kappa shape index (κ3) is 4.34. The summed E-state index contributed by atoms with van der Waals surface area (Å²) in [6.45, 7) is 2.11. The van der Waals surface area contributed by atoms with E-state index in [0.717, 1.165) is 17.8 Å². The minimum atomic E-state index is 0.489. The first kappa shape index (κ1) is 14.0. The molecule has 0 saturated carbocycles. The Bertz CT molecular complexity index is 576. The van der Waals surface area contributed by atoms with Crippen LogP contribution in [0.3, 0.4) is 0 Å². The predicted octanol–water partition coefficient (Wildman–Crippen LogP) is 1.97. The Balaban J connectivity index is 2.05. The fraction of sp³-hybridized carbons (Fsp3) is 0.267.